The van der Waals surface area contributed by atoms with Crippen molar-refractivity contribution in [3.05, 3.63) is 34.3 Å². The van der Waals surface area contributed by atoms with E-state index in [1.54, 1.807) is 0 Å². The van der Waals surface area contributed by atoms with Crippen LogP contribution in [0.25, 0.3) is 0 Å². The third-order valence-corrected chi connectivity index (χ3v) is 4.44. The number of aromatic nitrogens is 2. The first-order chi connectivity index (χ1) is 9.71. The Morgan fingerprint density at radius 2 is 2.10 bits per heavy atom. The molecule has 0 aliphatic carbocycles. The monoisotopic (exact) mass is 292 g/mol. The number of aryl methyl sites for hydroxylation is 1. The van der Waals surface area contributed by atoms with Crippen LogP contribution in [0.4, 0.5) is 5.69 Å². The van der Waals surface area contributed by atoms with Gasteiger partial charge < -0.3 is 10.2 Å². The number of hydrogen-bond donors (Lipinski definition) is 1. The van der Waals surface area contributed by atoms with Crippen LogP contribution in [-0.4, -0.2) is 34.3 Å². The lowest BCUT2D eigenvalue weighted by atomic mass is 10.4. The Hall–Kier alpha value is -1.33. The minimum Gasteiger partial charge on any atom is -0.378 e. The van der Waals surface area contributed by atoms with Crippen molar-refractivity contribution < 1.29 is 0 Å². The normalized spacial score (nSPS) is 11.2. The van der Waals surface area contributed by atoms with E-state index in [1.165, 1.54) is 9.75 Å². The van der Waals surface area contributed by atoms with E-state index in [2.05, 4.69) is 54.4 Å². The van der Waals surface area contributed by atoms with Crippen LogP contribution in [0, 0.1) is 6.92 Å². The van der Waals surface area contributed by atoms with Crippen LogP contribution in [-0.2, 0) is 13.1 Å². The van der Waals surface area contributed by atoms with Gasteiger partial charge in [0, 0.05) is 29.0 Å². The van der Waals surface area contributed by atoms with Crippen LogP contribution in [0.2, 0.25) is 0 Å². The summed E-state index contributed by atoms with van der Waals surface area (Å²) < 4.78 is 2.01. The van der Waals surface area contributed by atoms with Gasteiger partial charge in [0.1, 0.15) is 0 Å². The first-order valence-corrected chi connectivity index (χ1v) is 8.07. The Morgan fingerprint density at radius 1 is 1.30 bits per heavy atom. The lowest BCUT2D eigenvalue weighted by molar-refractivity contribution is 0.285. The van der Waals surface area contributed by atoms with E-state index in [9.17, 15) is 0 Å². The first-order valence-electron chi connectivity index (χ1n) is 7.25. The molecule has 0 spiro atoms. The van der Waals surface area contributed by atoms with Crippen molar-refractivity contribution in [3.63, 3.8) is 0 Å². The van der Waals surface area contributed by atoms with Crippen LogP contribution in [0.5, 0.6) is 0 Å². The summed E-state index contributed by atoms with van der Waals surface area (Å²) in [5.41, 5.74) is 1.09. The van der Waals surface area contributed by atoms with Gasteiger partial charge in [-0.1, -0.05) is 13.8 Å². The maximum absolute atomic E-state index is 4.41. The molecule has 20 heavy (non-hydrogen) atoms. The van der Waals surface area contributed by atoms with Crippen molar-refractivity contribution in [3.8, 4) is 0 Å². The number of anilines is 1. The average molecular weight is 292 g/mol. The summed E-state index contributed by atoms with van der Waals surface area (Å²) in [5, 5.41) is 7.83. The van der Waals surface area contributed by atoms with Crippen LogP contribution in [0.15, 0.2) is 24.5 Å². The standard InChI is InChI=1S/C15H24N4S/c1-4-18(5-2)8-9-19-12-14(10-17-19)16-11-15-7-6-13(3)20-15/h6-7,10,12,16H,4-5,8-9,11H2,1-3H3. The molecule has 0 fully saturated rings. The molecule has 0 saturated heterocycles. The van der Waals surface area contributed by atoms with Gasteiger partial charge in [-0.3, -0.25) is 4.68 Å². The Labute approximate surface area is 125 Å². The van der Waals surface area contributed by atoms with Crippen molar-refractivity contribution in [2.24, 2.45) is 0 Å². The summed E-state index contributed by atoms with van der Waals surface area (Å²) in [6, 6.07) is 4.34. The second-order valence-electron chi connectivity index (χ2n) is 4.88. The molecule has 0 atom stereocenters. The first kappa shape index (κ1) is 15.1. The number of likely N-dealkylation sites (N-methyl/N-ethyl adjacent to an activating group) is 1. The molecule has 0 aromatic carbocycles. The number of thiophene rings is 1. The molecule has 5 heteroatoms. The fourth-order valence-electron chi connectivity index (χ4n) is 2.13. The number of hydrogen-bond acceptors (Lipinski definition) is 4. The van der Waals surface area contributed by atoms with E-state index < -0.39 is 0 Å². The largest absolute Gasteiger partial charge is 0.378 e. The van der Waals surface area contributed by atoms with E-state index in [-0.39, 0.29) is 0 Å². The molecule has 0 bridgehead atoms. The van der Waals surface area contributed by atoms with Crippen molar-refractivity contribution in [2.45, 2.75) is 33.9 Å². The Morgan fingerprint density at radius 3 is 2.75 bits per heavy atom. The molecule has 0 unspecified atom stereocenters. The fraction of sp³-hybridized carbons (Fsp3) is 0.533. The van der Waals surface area contributed by atoms with Gasteiger partial charge in [-0.2, -0.15) is 5.10 Å². The van der Waals surface area contributed by atoms with Gasteiger partial charge in [0.05, 0.1) is 18.4 Å². The highest BCUT2D eigenvalue weighted by atomic mass is 32.1. The van der Waals surface area contributed by atoms with Crippen molar-refractivity contribution in [1.82, 2.24) is 14.7 Å². The Bertz CT molecular complexity index is 513. The predicted molar refractivity (Wildman–Crippen MR) is 86.4 cm³/mol. The van der Waals surface area contributed by atoms with E-state index in [0.717, 1.165) is 38.4 Å². The number of nitrogens with one attached hydrogen (secondary N) is 1. The molecule has 2 rings (SSSR count). The van der Waals surface area contributed by atoms with Crippen LogP contribution >= 0.6 is 11.3 Å². The highest BCUT2D eigenvalue weighted by Crippen LogP contribution is 2.16. The van der Waals surface area contributed by atoms with Gasteiger partial charge in [0.2, 0.25) is 0 Å². The molecular formula is C15H24N4S. The summed E-state index contributed by atoms with van der Waals surface area (Å²) in [4.78, 5) is 5.12. The van der Waals surface area contributed by atoms with Crippen molar-refractivity contribution in [2.75, 3.05) is 25.0 Å². The molecule has 4 nitrogen and oxygen atoms in total. The van der Waals surface area contributed by atoms with E-state index in [0.29, 0.717) is 0 Å². The molecule has 2 heterocycles. The quantitative estimate of drug-likeness (QED) is 0.811. The molecule has 0 saturated carbocycles. The average Bonchev–Trinajstić information content (AvgIpc) is 3.07. The van der Waals surface area contributed by atoms with Crippen LogP contribution in [0.1, 0.15) is 23.6 Å². The smallest absolute Gasteiger partial charge is 0.0729 e. The number of nitrogens with zero attached hydrogens (tertiary/aromatic N) is 3. The molecule has 1 N–H and O–H groups in total. The van der Waals surface area contributed by atoms with Gasteiger partial charge in [-0.15, -0.1) is 11.3 Å². The zero-order valence-electron chi connectivity index (χ0n) is 12.6. The molecular weight excluding hydrogens is 268 g/mol. The summed E-state index contributed by atoms with van der Waals surface area (Å²) in [5.74, 6) is 0. The maximum atomic E-state index is 4.41. The minimum absolute atomic E-state index is 0.875. The van der Waals surface area contributed by atoms with Gasteiger partial charge in [0.15, 0.2) is 0 Å². The second kappa shape index (κ2) is 7.45. The topological polar surface area (TPSA) is 33.1 Å². The summed E-state index contributed by atoms with van der Waals surface area (Å²) in [6.45, 7) is 11.6. The summed E-state index contributed by atoms with van der Waals surface area (Å²) >= 11 is 1.84. The highest BCUT2D eigenvalue weighted by Gasteiger charge is 2.02. The van der Waals surface area contributed by atoms with Gasteiger partial charge in [-0.05, 0) is 32.1 Å². The zero-order valence-corrected chi connectivity index (χ0v) is 13.4. The number of rotatable bonds is 8. The third kappa shape index (κ3) is 4.35. The zero-order chi connectivity index (χ0) is 14.4. The maximum Gasteiger partial charge on any atom is 0.0729 e. The highest BCUT2D eigenvalue weighted by molar-refractivity contribution is 7.11. The summed E-state index contributed by atoms with van der Waals surface area (Å²) in [7, 11) is 0. The molecule has 0 aliphatic heterocycles. The molecule has 0 radical (unpaired) electrons. The lowest BCUT2D eigenvalue weighted by Gasteiger charge is -2.17. The summed E-state index contributed by atoms with van der Waals surface area (Å²) in [6.07, 6.45) is 3.99. The SMILES string of the molecule is CCN(CC)CCn1cc(NCc2ccc(C)s2)cn1. The Balaban J connectivity index is 1.80. The molecule has 0 aliphatic rings. The van der Waals surface area contributed by atoms with E-state index in [4.69, 9.17) is 0 Å². The van der Waals surface area contributed by atoms with Crippen molar-refractivity contribution in [1.29, 1.82) is 0 Å². The molecule has 0 amide bonds. The van der Waals surface area contributed by atoms with Gasteiger partial charge >= 0.3 is 0 Å². The lowest BCUT2D eigenvalue weighted by Crippen LogP contribution is -2.27. The third-order valence-electron chi connectivity index (χ3n) is 3.44. The van der Waals surface area contributed by atoms with E-state index >= 15 is 0 Å². The van der Waals surface area contributed by atoms with Crippen LogP contribution < -0.4 is 5.32 Å². The second-order valence-corrected chi connectivity index (χ2v) is 6.26. The molecule has 2 aromatic heterocycles. The van der Waals surface area contributed by atoms with Gasteiger partial charge in [0.25, 0.3) is 0 Å². The van der Waals surface area contributed by atoms with Crippen molar-refractivity contribution >= 4 is 17.0 Å². The minimum atomic E-state index is 0.875. The van der Waals surface area contributed by atoms with Gasteiger partial charge in [-0.25, -0.2) is 0 Å². The Kier molecular flexibility index (Phi) is 5.61. The molecule has 110 valence electrons. The van der Waals surface area contributed by atoms with E-state index in [1.807, 2.05) is 22.2 Å². The molecule has 2 aromatic rings. The fourth-order valence-corrected chi connectivity index (χ4v) is 2.96. The van der Waals surface area contributed by atoms with Crippen LogP contribution in [0.3, 0.4) is 0 Å². The predicted octanol–water partition coefficient (Wildman–Crippen LogP) is 3.21.